The van der Waals surface area contributed by atoms with Gasteiger partial charge in [-0.15, -0.1) is 0 Å². The zero-order chi connectivity index (χ0) is 14.7. The Kier molecular flexibility index (Phi) is 4.61. The number of nitrogens with one attached hydrogen (secondary N) is 2. The highest BCUT2D eigenvalue weighted by atomic mass is 15.1. The fourth-order valence-corrected chi connectivity index (χ4v) is 3.24. The number of rotatable bonds is 4. The van der Waals surface area contributed by atoms with Gasteiger partial charge in [0.2, 0.25) is 0 Å². The van der Waals surface area contributed by atoms with Crippen molar-refractivity contribution in [3.63, 3.8) is 0 Å². The summed E-state index contributed by atoms with van der Waals surface area (Å²) in [7, 11) is 1.95. The average molecular weight is 288 g/mol. The molecule has 4 heteroatoms. The van der Waals surface area contributed by atoms with Crippen molar-refractivity contribution in [2.45, 2.75) is 76.7 Å². The highest BCUT2D eigenvalue weighted by molar-refractivity contribution is 5.57. The molecule has 21 heavy (non-hydrogen) atoms. The molecule has 3 rings (SSSR count). The lowest BCUT2D eigenvalue weighted by Gasteiger charge is -2.23. The summed E-state index contributed by atoms with van der Waals surface area (Å²) in [5, 5.41) is 6.95. The van der Waals surface area contributed by atoms with Crippen molar-refractivity contribution in [1.82, 2.24) is 9.97 Å². The summed E-state index contributed by atoms with van der Waals surface area (Å²) in [6.45, 7) is 2.12. The normalized spacial score (nSPS) is 20.7. The third-order valence-corrected chi connectivity index (χ3v) is 4.79. The van der Waals surface area contributed by atoms with Crippen molar-refractivity contribution < 1.29 is 0 Å². The van der Waals surface area contributed by atoms with E-state index < -0.39 is 0 Å². The first-order valence-electron chi connectivity index (χ1n) is 8.60. The Morgan fingerprint density at radius 2 is 1.48 bits per heavy atom. The van der Waals surface area contributed by atoms with Gasteiger partial charge in [-0.25, -0.2) is 9.97 Å². The molecule has 2 aliphatic carbocycles. The maximum absolute atomic E-state index is 4.83. The smallest absolute Gasteiger partial charge is 0.136 e. The second kappa shape index (κ2) is 6.63. The SMILES string of the molecule is CNc1nc(C2CC2)nc(NC2CCCCCCC2)c1C. The number of aromatic nitrogens is 2. The first kappa shape index (κ1) is 14.6. The predicted molar refractivity (Wildman–Crippen MR) is 88.0 cm³/mol. The fraction of sp³-hybridized carbons (Fsp3) is 0.765. The Labute approximate surface area is 128 Å². The third kappa shape index (κ3) is 3.66. The first-order chi connectivity index (χ1) is 10.3. The summed E-state index contributed by atoms with van der Waals surface area (Å²) < 4.78 is 0. The molecule has 0 aromatic carbocycles. The molecule has 1 aromatic heterocycles. The standard InChI is InChI=1S/C17H28N4/c1-12-15(18-2)20-17(13-10-11-13)21-16(12)19-14-8-6-4-3-5-7-9-14/h13-14H,3-11H2,1-2H3,(H2,18,19,20,21). The molecule has 116 valence electrons. The van der Waals surface area contributed by atoms with E-state index >= 15 is 0 Å². The van der Waals surface area contributed by atoms with E-state index in [4.69, 9.17) is 4.98 Å². The number of nitrogens with zero attached hydrogens (tertiary/aromatic N) is 2. The van der Waals surface area contributed by atoms with Crippen LogP contribution in [0.4, 0.5) is 11.6 Å². The van der Waals surface area contributed by atoms with E-state index in [2.05, 4.69) is 22.5 Å². The number of hydrogen-bond donors (Lipinski definition) is 2. The van der Waals surface area contributed by atoms with Gasteiger partial charge >= 0.3 is 0 Å². The van der Waals surface area contributed by atoms with Gasteiger partial charge in [-0.05, 0) is 32.6 Å². The maximum atomic E-state index is 4.83. The molecule has 2 N–H and O–H groups in total. The number of hydrogen-bond acceptors (Lipinski definition) is 4. The molecule has 0 spiro atoms. The van der Waals surface area contributed by atoms with E-state index in [1.165, 1.54) is 57.8 Å². The van der Waals surface area contributed by atoms with Crippen LogP contribution < -0.4 is 10.6 Å². The van der Waals surface area contributed by atoms with E-state index in [1.54, 1.807) is 0 Å². The molecule has 0 radical (unpaired) electrons. The Hall–Kier alpha value is -1.32. The quantitative estimate of drug-likeness (QED) is 0.870. The topological polar surface area (TPSA) is 49.8 Å². The van der Waals surface area contributed by atoms with Gasteiger partial charge in [-0.3, -0.25) is 0 Å². The minimum Gasteiger partial charge on any atom is -0.373 e. The second-order valence-electron chi connectivity index (χ2n) is 6.61. The van der Waals surface area contributed by atoms with Crippen molar-refractivity contribution in [3.05, 3.63) is 11.4 Å². The van der Waals surface area contributed by atoms with Gasteiger partial charge in [0.05, 0.1) is 0 Å². The average Bonchev–Trinajstić information content (AvgIpc) is 3.28. The Balaban J connectivity index is 1.77. The largest absolute Gasteiger partial charge is 0.373 e. The van der Waals surface area contributed by atoms with Crippen LogP contribution in [0.2, 0.25) is 0 Å². The third-order valence-electron chi connectivity index (χ3n) is 4.79. The van der Waals surface area contributed by atoms with Crippen LogP contribution in [0.25, 0.3) is 0 Å². The lowest BCUT2D eigenvalue weighted by Crippen LogP contribution is -2.22. The van der Waals surface area contributed by atoms with Gasteiger partial charge in [0.1, 0.15) is 17.5 Å². The molecule has 0 saturated heterocycles. The van der Waals surface area contributed by atoms with Crippen LogP contribution in [-0.4, -0.2) is 23.1 Å². The van der Waals surface area contributed by atoms with Gasteiger partial charge < -0.3 is 10.6 Å². The first-order valence-corrected chi connectivity index (χ1v) is 8.60. The van der Waals surface area contributed by atoms with Crippen LogP contribution in [0.3, 0.4) is 0 Å². The molecule has 0 atom stereocenters. The molecule has 2 fully saturated rings. The summed E-state index contributed by atoms with van der Waals surface area (Å²) in [5.74, 6) is 3.66. The van der Waals surface area contributed by atoms with Gasteiger partial charge in [0.25, 0.3) is 0 Å². The Bertz CT molecular complexity index is 474. The molecule has 0 aliphatic heterocycles. The van der Waals surface area contributed by atoms with Crippen LogP contribution in [0.5, 0.6) is 0 Å². The van der Waals surface area contributed by atoms with E-state index in [0.29, 0.717) is 12.0 Å². The summed E-state index contributed by atoms with van der Waals surface area (Å²) in [6.07, 6.45) is 11.9. The van der Waals surface area contributed by atoms with Gasteiger partial charge in [-0.2, -0.15) is 0 Å². The minimum atomic E-state index is 0.579. The fourth-order valence-electron chi connectivity index (χ4n) is 3.24. The van der Waals surface area contributed by atoms with E-state index in [1.807, 2.05) is 7.05 Å². The summed E-state index contributed by atoms with van der Waals surface area (Å²) >= 11 is 0. The van der Waals surface area contributed by atoms with Crippen LogP contribution in [0.15, 0.2) is 0 Å². The van der Waals surface area contributed by atoms with Gasteiger partial charge in [-0.1, -0.05) is 32.1 Å². The Morgan fingerprint density at radius 3 is 2.10 bits per heavy atom. The summed E-state index contributed by atoms with van der Waals surface area (Å²) in [6, 6.07) is 0.579. The molecule has 1 aromatic rings. The lowest BCUT2D eigenvalue weighted by molar-refractivity contribution is 0.470. The van der Waals surface area contributed by atoms with Crippen LogP contribution in [0, 0.1) is 6.92 Å². The predicted octanol–water partition coefficient (Wildman–Crippen LogP) is 4.23. The number of anilines is 2. The van der Waals surface area contributed by atoms with Crippen LogP contribution in [-0.2, 0) is 0 Å². The van der Waals surface area contributed by atoms with Crippen molar-refractivity contribution in [3.8, 4) is 0 Å². The van der Waals surface area contributed by atoms with Crippen LogP contribution in [0.1, 0.15) is 75.1 Å². The van der Waals surface area contributed by atoms with Crippen molar-refractivity contribution in [2.24, 2.45) is 0 Å². The van der Waals surface area contributed by atoms with E-state index in [9.17, 15) is 0 Å². The zero-order valence-corrected chi connectivity index (χ0v) is 13.4. The zero-order valence-electron chi connectivity index (χ0n) is 13.4. The molecular formula is C17H28N4. The highest BCUT2D eigenvalue weighted by Crippen LogP contribution is 2.39. The van der Waals surface area contributed by atoms with Crippen molar-refractivity contribution in [2.75, 3.05) is 17.7 Å². The van der Waals surface area contributed by atoms with Crippen molar-refractivity contribution >= 4 is 11.6 Å². The molecule has 4 nitrogen and oxygen atoms in total. The summed E-state index contributed by atoms with van der Waals surface area (Å²) in [5.41, 5.74) is 1.16. The Morgan fingerprint density at radius 1 is 0.857 bits per heavy atom. The van der Waals surface area contributed by atoms with E-state index in [-0.39, 0.29) is 0 Å². The monoisotopic (exact) mass is 288 g/mol. The van der Waals surface area contributed by atoms with E-state index in [0.717, 1.165) is 23.0 Å². The lowest BCUT2D eigenvalue weighted by atomic mass is 9.96. The molecule has 0 bridgehead atoms. The molecule has 0 unspecified atom stereocenters. The van der Waals surface area contributed by atoms with Crippen LogP contribution >= 0.6 is 0 Å². The van der Waals surface area contributed by atoms with Crippen molar-refractivity contribution in [1.29, 1.82) is 0 Å². The maximum Gasteiger partial charge on any atom is 0.136 e. The molecule has 1 heterocycles. The molecule has 2 saturated carbocycles. The molecular weight excluding hydrogens is 260 g/mol. The highest BCUT2D eigenvalue weighted by Gasteiger charge is 2.28. The van der Waals surface area contributed by atoms with Gasteiger partial charge in [0.15, 0.2) is 0 Å². The molecule has 2 aliphatic rings. The summed E-state index contributed by atoms with van der Waals surface area (Å²) in [4.78, 5) is 9.51. The minimum absolute atomic E-state index is 0.579. The molecule has 0 amide bonds. The second-order valence-corrected chi connectivity index (χ2v) is 6.61. The van der Waals surface area contributed by atoms with Gasteiger partial charge in [0, 0.05) is 24.6 Å².